The van der Waals surface area contributed by atoms with Gasteiger partial charge in [-0.05, 0) is 62.0 Å². The lowest BCUT2D eigenvalue weighted by molar-refractivity contribution is -0.109. The van der Waals surface area contributed by atoms with Gasteiger partial charge in [0.1, 0.15) is 36.6 Å². The first kappa shape index (κ1) is 60.2. The minimum Gasteiger partial charge on any atom is -0.476 e. The Kier molecular flexibility index (Phi) is 36.2. The molecule has 0 saturated heterocycles. The summed E-state index contributed by atoms with van der Waals surface area (Å²) in [6, 6.07) is 12.4. The number of benzene rings is 2. The van der Waals surface area contributed by atoms with Crippen LogP contribution in [-0.2, 0) is 62.2 Å². The smallest absolute Gasteiger partial charge is 0.146 e. The highest BCUT2D eigenvalue weighted by atomic mass is 32.2. The van der Waals surface area contributed by atoms with Gasteiger partial charge in [0.25, 0.3) is 0 Å². The molecule has 0 amide bonds. The Bertz CT molecular complexity index is 1710. The van der Waals surface area contributed by atoms with E-state index in [1.54, 1.807) is 0 Å². The minimum absolute atomic E-state index is 0.0401. The van der Waals surface area contributed by atoms with Gasteiger partial charge in [-0.25, -0.2) is 14.3 Å². The average molecular weight is 977 g/mol. The molecule has 0 aromatic heterocycles. The summed E-state index contributed by atoms with van der Waals surface area (Å²) in [5.74, 6) is 1.89. The Hall–Kier alpha value is -3.91. The molecule has 0 spiro atoms. The number of nitrogens with zero attached hydrogens (tertiary/aromatic N) is 4. The van der Waals surface area contributed by atoms with Crippen LogP contribution in [0, 0.1) is 5.41 Å². The fourth-order valence-electron chi connectivity index (χ4n) is 6.20. The fourth-order valence-corrected chi connectivity index (χ4v) is 7.20. The lowest BCUT2D eigenvalue weighted by Gasteiger charge is -2.29. The van der Waals surface area contributed by atoms with Crippen molar-refractivity contribution in [1.29, 1.82) is 5.41 Å². The topological polar surface area (TPSA) is 257 Å². The summed E-state index contributed by atoms with van der Waals surface area (Å²) in [6.07, 6.45) is 3.24. The van der Waals surface area contributed by atoms with Crippen LogP contribution in [0.3, 0.4) is 0 Å². The second-order valence-electron chi connectivity index (χ2n) is 14.7. The Balaban J connectivity index is 0.000000490. The van der Waals surface area contributed by atoms with Crippen molar-refractivity contribution in [3.8, 4) is 5.75 Å². The van der Waals surface area contributed by atoms with E-state index in [1.807, 2.05) is 44.1 Å². The van der Waals surface area contributed by atoms with Crippen molar-refractivity contribution in [2.24, 2.45) is 27.2 Å². The Labute approximate surface area is 408 Å². The number of rotatable bonds is 41. The molecule has 0 fully saturated rings. The van der Waals surface area contributed by atoms with Gasteiger partial charge < -0.3 is 69.6 Å². The second kappa shape index (κ2) is 40.9. The molecule has 21 heteroatoms. The van der Waals surface area contributed by atoms with Crippen molar-refractivity contribution in [2.45, 2.75) is 39.8 Å². The van der Waals surface area contributed by atoms with Crippen LogP contribution < -0.4 is 32.7 Å². The van der Waals surface area contributed by atoms with E-state index in [4.69, 9.17) is 65.2 Å². The number of aliphatic imine (C=N–C) groups is 2. The van der Waals surface area contributed by atoms with E-state index in [1.165, 1.54) is 16.7 Å². The molecule has 20 nitrogen and oxygen atoms in total. The molecule has 0 atom stereocenters. The van der Waals surface area contributed by atoms with Crippen LogP contribution in [0.15, 0.2) is 52.0 Å². The van der Waals surface area contributed by atoms with Gasteiger partial charge in [0.15, 0.2) is 0 Å². The molecular weight excluding hydrogens is 897 g/mol. The standard InChI is InChI=1S/C28H41N9OS.C19H39NO9/c1-5-36(16-21-6-7-24-17-37(39-13-11-32-3)12-10-22(24)14-21)35-27(20(2)28(31)34-18-29)23-8-9-26(38-19-30)25(15-23)33-4;20-2-5-23-7-9-25-11-13-27-15-17-29-19-18-28-16-14-26-12-10-24-8-6-22-4-1-3-21/h6-9,14-15,18,32,35H,4-5,10-13,16-17,19,30H2,1-3H3,(H3,29,31,34);3H,1-2,4-20H2/b27-20+;. The molecule has 1 aliphatic heterocycles. The van der Waals surface area contributed by atoms with E-state index in [2.05, 4.69) is 61.9 Å². The minimum atomic E-state index is 0.0401. The number of amidine groups is 1. The summed E-state index contributed by atoms with van der Waals surface area (Å²) in [6.45, 7) is 21.0. The highest BCUT2D eigenvalue weighted by Crippen LogP contribution is 2.32. The van der Waals surface area contributed by atoms with Crippen LogP contribution in [0.1, 0.15) is 42.5 Å². The van der Waals surface area contributed by atoms with Gasteiger partial charge in [-0.1, -0.05) is 37.1 Å². The van der Waals surface area contributed by atoms with E-state index in [0.717, 1.165) is 62.2 Å². The molecule has 3 rings (SSSR count). The molecule has 0 bridgehead atoms. The number of carbonyl (C=O) groups is 1. The molecular formula is C47H80N10O10S. The number of nitrogens with one attached hydrogen (secondary N) is 3. The van der Waals surface area contributed by atoms with Gasteiger partial charge in [0.05, 0.1) is 111 Å². The number of hydrogen-bond donors (Lipinski definition) is 6. The van der Waals surface area contributed by atoms with Gasteiger partial charge in [-0.15, -0.1) is 0 Å². The van der Waals surface area contributed by atoms with Crippen molar-refractivity contribution in [2.75, 3.05) is 151 Å². The molecule has 1 aliphatic rings. The number of ether oxygens (including phenoxy) is 9. The Morgan fingerprint density at radius 3 is 1.91 bits per heavy atom. The molecule has 2 aromatic carbocycles. The van der Waals surface area contributed by atoms with E-state index in [0.29, 0.717) is 142 Å². The lowest BCUT2D eigenvalue weighted by Crippen LogP contribution is -2.37. The molecule has 68 heavy (non-hydrogen) atoms. The molecule has 384 valence electrons. The predicted octanol–water partition coefficient (Wildman–Crippen LogP) is 2.93. The van der Waals surface area contributed by atoms with E-state index < -0.39 is 0 Å². The molecule has 0 saturated carbocycles. The third-order valence-electron chi connectivity index (χ3n) is 9.76. The maximum atomic E-state index is 10.1. The zero-order valence-corrected chi connectivity index (χ0v) is 41.5. The van der Waals surface area contributed by atoms with Gasteiger partial charge in [0.2, 0.25) is 0 Å². The summed E-state index contributed by atoms with van der Waals surface area (Å²) < 4.78 is 50.5. The Morgan fingerprint density at radius 1 is 0.838 bits per heavy atom. The van der Waals surface area contributed by atoms with Crippen molar-refractivity contribution in [3.05, 3.63) is 64.2 Å². The average Bonchev–Trinajstić information content (AvgIpc) is 3.35. The number of hydrogen-bond acceptors (Lipinski definition) is 19. The zero-order valence-electron chi connectivity index (χ0n) is 40.7. The third kappa shape index (κ3) is 27.3. The van der Waals surface area contributed by atoms with Crippen molar-refractivity contribution in [1.82, 2.24) is 20.1 Å². The summed E-state index contributed by atoms with van der Waals surface area (Å²) in [7, 11) is 1.99. The quantitative estimate of drug-likeness (QED) is 0.0107. The normalized spacial score (nSPS) is 13.1. The van der Waals surface area contributed by atoms with Crippen molar-refractivity contribution in [3.63, 3.8) is 0 Å². The maximum Gasteiger partial charge on any atom is 0.146 e. The van der Waals surface area contributed by atoms with E-state index in [9.17, 15) is 4.79 Å². The Morgan fingerprint density at radius 2 is 1.41 bits per heavy atom. The van der Waals surface area contributed by atoms with E-state index in [-0.39, 0.29) is 12.6 Å². The largest absolute Gasteiger partial charge is 0.476 e. The van der Waals surface area contributed by atoms with Crippen LogP contribution in [0.4, 0.5) is 5.69 Å². The van der Waals surface area contributed by atoms with Crippen LogP contribution in [0.2, 0.25) is 0 Å². The van der Waals surface area contributed by atoms with Crippen LogP contribution >= 0.6 is 11.9 Å². The van der Waals surface area contributed by atoms with Crippen molar-refractivity contribution >= 4 is 48.5 Å². The molecule has 1 heterocycles. The number of nitrogens with two attached hydrogens (primary N) is 3. The van der Waals surface area contributed by atoms with Crippen molar-refractivity contribution < 1.29 is 47.4 Å². The van der Waals surface area contributed by atoms with Crippen LogP contribution in [-0.4, -0.2) is 186 Å². The number of carbonyl (C=O) groups excluding carboxylic acids is 1. The van der Waals surface area contributed by atoms with Crippen LogP contribution in [0.25, 0.3) is 5.70 Å². The van der Waals surface area contributed by atoms with E-state index >= 15 is 0 Å². The first-order valence-electron chi connectivity index (χ1n) is 23.2. The predicted molar refractivity (Wildman–Crippen MR) is 271 cm³/mol. The number of fused-ring (bicyclic) bond motifs is 1. The first-order chi connectivity index (χ1) is 33.3. The highest BCUT2D eigenvalue weighted by molar-refractivity contribution is 7.97. The van der Waals surface area contributed by atoms with Gasteiger partial charge in [-0.2, -0.15) is 0 Å². The summed E-state index contributed by atoms with van der Waals surface area (Å²) in [4.78, 5) is 18.2. The molecule has 0 aliphatic carbocycles. The maximum absolute atomic E-state index is 10.1. The fraction of sp³-hybridized carbons (Fsp3) is 0.617. The monoisotopic (exact) mass is 977 g/mol. The molecule has 0 unspecified atom stereocenters. The number of hydrazine groups is 1. The molecule has 2 aromatic rings. The second-order valence-corrected chi connectivity index (χ2v) is 15.9. The first-order valence-corrected chi connectivity index (χ1v) is 24.2. The summed E-state index contributed by atoms with van der Waals surface area (Å²) in [5, 5.41) is 12.7. The van der Waals surface area contributed by atoms with Gasteiger partial charge >= 0.3 is 0 Å². The summed E-state index contributed by atoms with van der Waals surface area (Å²) in [5.41, 5.74) is 27.6. The highest BCUT2D eigenvalue weighted by Gasteiger charge is 2.19. The zero-order chi connectivity index (χ0) is 49.3. The lowest BCUT2D eigenvalue weighted by atomic mass is 9.98. The number of aldehydes is 1. The molecule has 0 radical (unpaired) electrons. The summed E-state index contributed by atoms with van der Waals surface area (Å²) >= 11 is 1.91. The van der Waals surface area contributed by atoms with Gasteiger partial charge in [0, 0.05) is 62.6 Å². The SMILES string of the molecule is C=Nc1cc(/C(NN(CC)Cc2ccc3c(c2)CCN(SCCNC)C3)=C(/C)C(N)=NC=N)ccc1OCN.NCCOCCOCCOCCOCCOCCOCCOCCOCCC=O. The third-order valence-corrected chi connectivity index (χ3v) is 10.8. The van der Waals surface area contributed by atoms with Gasteiger partial charge in [-0.3, -0.25) is 16.1 Å². The molecule has 9 N–H and O–H groups in total. The van der Waals surface area contributed by atoms with Crippen LogP contribution in [0.5, 0.6) is 5.75 Å².